The second kappa shape index (κ2) is 8.40. The summed E-state index contributed by atoms with van der Waals surface area (Å²) >= 11 is 0. The zero-order valence-electron chi connectivity index (χ0n) is 14.1. The number of rotatable bonds is 8. The Bertz CT molecular complexity index is 421. The van der Waals surface area contributed by atoms with Gasteiger partial charge in [-0.25, -0.2) is 0 Å². The zero-order chi connectivity index (χ0) is 16.0. The van der Waals surface area contributed by atoms with Crippen molar-refractivity contribution >= 4 is 0 Å². The summed E-state index contributed by atoms with van der Waals surface area (Å²) in [5, 5.41) is 19.4. The molecule has 1 atom stereocenters. The molecule has 0 heterocycles. The van der Waals surface area contributed by atoms with Gasteiger partial charge in [0.25, 0.3) is 0 Å². The van der Waals surface area contributed by atoms with Crippen LogP contribution in [0.3, 0.4) is 0 Å². The predicted molar refractivity (Wildman–Crippen MR) is 88.7 cm³/mol. The number of aliphatic hydroxyl groups excluding tert-OH is 1. The monoisotopic (exact) mass is 293 g/mol. The first-order valence-corrected chi connectivity index (χ1v) is 8.09. The number of hydrogen-bond acceptors (Lipinski definition) is 3. The molecular weight excluding hydrogens is 262 g/mol. The normalized spacial score (nSPS) is 13.4. The largest absolute Gasteiger partial charge is 0.508 e. The summed E-state index contributed by atoms with van der Waals surface area (Å²) < 4.78 is 0. The molecule has 0 aliphatic carbocycles. The molecule has 0 radical (unpaired) electrons. The van der Waals surface area contributed by atoms with Crippen molar-refractivity contribution in [2.75, 3.05) is 6.54 Å². The van der Waals surface area contributed by atoms with Crippen molar-refractivity contribution in [2.45, 2.75) is 72.1 Å². The third-order valence-corrected chi connectivity index (χ3v) is 4.27. The van der Waals surface area contributed by atoms with Gasteiger partial charge in [-0.1, -0.05) is 13.0 Å². The molecule has 0 aliphatic rings. The first-order chi connectivity index (χ1) is 9.90. The van der Waals surface area contributed by atoms with E-state index < -0.39 is 0 Å². The van der Waals surface area contributed by atoms with Crippen molar-refractivity contribution in [3.05, 3.63) is 29.3 Å². The van der Waals surface area contributed by atoms with Crippen LogP contribution in [0.15, 0.2) is 18.2 Å². The van der Waals surface area contributed by atoms with E-state index in [-0.39, 0.29) is 6.61 Å². The second-order valence-electron chi connectivity index (χ2n) is 6.37. The van der Waals surface area contributed by atoms with E-state index in [1.165, 1.54) is 0 Å². The summed E-state index contributed by atoms with van der Waals surface area (Å²) in [5.41, 5.74) is 1.84. The van der Waals surface area contributed by atoms with Crippen molar-refractivity contribution in [3.8, 4) is 5.75 Å². The van der Waals surface area contributed by atoms with Crippen molar-refractivity contribution in [1.29, 1.82) is 0 Å². The first-order valence-electron chi connectivity index (χ1n) is 8.09. The maximum absolute atomic E-state index is 10.1. The Hall–Kier alpha value is -1.06. The molecule has 0 saturated carbocycles. The highest BCUT2D eigenvalue weighted by Gasteiger charge is 2.18. The maximum Gasteiger partial charge on any atom is 0.119 e. The van der Waals surface area contributed by atoms with Crippen LogP contribution in [0.1, 0.15) is 64.5 Å². The summed E-state index contributed by atoms with van der Waals surface area (Å²) in [6, 6.07) is 6.48. The fraction of sp³-hybridized carbons (Fsp3) is 0.667. The highest BCUT2D eigenvalue weighted by Crippen LogP contribution is 2.32. The molecule has 0 aromatic heterocycles. The number of benzene rings is 1. The molecule has 0 amide bonds. The maximum atomic E-state index is 10.1. The van der Waals surface area contributed by atoms with Gasteiger partial charge in [0.15, 0.2) is 0 Å². The number of phenols is 1. The van der Waals surface area contributed by atoms with Crippen LogP contribution in [0.2, 0.25) is 0 Å². The molecule has 1 aromatic carbocycles. The number of phenolic OH excluding ortho intramolecular Hbond substituents is 1. The Morgan fingerprint density at radius 2 is 1.71 bits per heavy atom. The van der Waals surface area contributed by atoms with E-state index >= 15 is 0 Å². The van der Waals surface area contributed by atoms with Crippen LogP contribution in [-0.4, -0.2) is 33.7 Å². The van der Waals surface area contributed by atoms with Gasteiger partial charge >= 0.3 is 0 Å². The van der Waals surface area contributed by atoms with Crippen LogP contribution in [0.25, 0.3) is 0 Å². The van der Waals surface area contributed by atoms with E-state index in [0.717, 1.165) is 30.5 Å². The fourth-order valence-corrected chi connectivity index (χ4v) is 3.03. The topological polar surface area (TPSA) is 43.7 Å². The highest BCUT2D eigenvalue weighted by atomic mass is 16.3. The average molecular weight is 293 g/mol. The minimum absolute atomic E-state index is 0.0217. The van der Waals surface area contributed by atoms with Gasteiger partial charge in [-0.15, -0.1) is 0 Å². The lowest BCUT2D eigenvalue weighted by Crippen LogP contribution is -2.38. The third-order valence-electron chi connectivity index (χ3n) is 4.27. The first kappa shape index (κ1) is 18.0. The van der Waals surface area contributed by atoms with Crippen LogP contribution in [0, 0.1) is 0 Å². The lowest BCUT2D eigenvalue weighted by atomic mass is 9.90. The van der Waals surface area contributed by atoms with E-state index in [2.05, 4.69) is 39.5 Å². The lowest BCUT2D eigenvalue weighted by molar-refractivity contribution is 0.168. The van der Waals surface area contributed by atoms with E-state index in [1.54, 1.807) is 12.1 Å². The van der Waals surface area contributed by atoms with Gasteiger partial charge in [-0.2, -0.15) is 0 Å². The molecule has 1 rings (SSSR count). The van der Waals surface area contributed by atoms with Gasteiger partial charge in [-0.05, 0) is 76.3 Å². The van der Waals surface area contributed by atoms with E-state index in [1.807, 2.05) is 6.07 Å². The summed E-state index contributed by atoms with van der Waals surface area (Å²) in [4.78, 5) is 2.48. The number of hydrogen-bond donors (Lipinski definition) is 2. The summed E-state index contributed by atoms with van der Waals surface area (Å²) in [6.07, 6.45) is 2.02. The van der Waals surface area contributed by atoms with Crippen LogP contribution in [-0.2, 0) is 6.61 Å². The highest BCUT2D eigenvalue weighted by molar-refractivity contribution is 5.38. The molecule has 0 spiro atoms. The number of aromatic hydroxyl groups is 1. The molecule has 21 heavy (non-hydrogen) atoms. The van der Waals surface area contributed by atoms with Crippen molar-refractivity contribution in [2.24, 2.45) is 0 Å². The molecule has 0 fully saturated rings. The van der Waals surface area contributed by atoms with Crippen LogP contribution in [0.4, 0.5) is 0 Å². The summed E-state index contributed by atoms with van der Waals surface area (Å²) in [6.45, 7) is 12.1. The second-order valence-corrected chi connectivity index (χ2v) is 6.37. The number of aliphatic hydroxyl groups is 1. The summed E-state index contributed by atoms with van der Waals surface area (Å²) in [7, 11) is 0. The average Bonchev–Trinajstić information content (AvgIpc) is 2.44. The molecule has 1 aromatic rings. The fourth-order valence-electron chi connectivity index (χ4n) is 3.03. The molecule has 1 unspecified atom stereocenters. The van der Waals surface area contributed by atoms with Crippen molar-refractivity contribution < 1.29 is 10.2 Å². The SMILES string of the molecule is CCC(CCN(C(C)C)C(C)C)c1cc(CO)ccc1O. The van der Waals surface area contributed by atoms with E-state index in [9.17, 15) is 10.2 Å². The molecule has 0 saturated heterocycles. The van der Waals surface area contributed by atoms with Crippen molar-refractivity contribution in [1.82, 2.24) is 4.90 Å². The Kier molecular flexibility index (Phi) is 7.20. The Morgan fingerprint density at radius 1 is 1.10 bits per heavy atom. The van der Waals surface area contributed by atoms with Gasteiger partial charge in [0, 0.05) is 12.1 Å². The van der Waals surface area contributed by atoms with Gasteiger partial charge in [0.1, 0.15) is 5.75 Å². The Morgan fingerprint density at radius 3 is 2.19 bits per heavy atom. The van der Waals surface area contributed by atoms with Gasteiger partial charge in [0.2, 0.25) is 0 Å². The molecule has 2 N–H and O–H groups in total. The molecule has 120 valence electrons. The quantitative estimate of drug-likeness (QED) is 0.764. The standard InChI is InChI=1S/C18H31NO2/c1-6-16(9-10-19(13(2)3)14(4)5)17-11-15(12-20)7-8-18(17)21/h7-8,11,13-14,16,20-21H,6,9-10,12H2,1-5H3. The molecule has 0 bridgehead atoms. The smallest absolute Gasteiger partial charge is 0.119 e. The molecule has 3 nitrogen and oxygen atoms in total. The van der Waals surface area contributed by atoms with Gasteiger partial charge in [-0.3, -0.25) is 4.90 Å². The van der Waals surface area contributed by atoms with Crippen LogP contribution < -0.4 is 0 Å². The molecule has 3 heteroatoms. The van der Waals surface area contributed by atoms with E-state index in [4.69, 9.17) is 0 Å². The lowest BCUT2D eigenvalue weighted by Gasteiger charge is -2.32. The zero-order valence-corrected chi connectivity index (χ0v) is 14.1. The van der Waals surface area contributed by atoms with Crippen molar-refractivity contribution in [3.63, 3.8) is 0 Å². The van der Waals surface area contributed by atoms with Gasteiger partial charge < -0.3 is 10.2 Å². The van der Waals surface area contributed by atoms with Crippen LogP contribution >= 0.6 is 0 Å². The Balaban J connectivity index is 2.83. The third kappa shape index (κ3) is 5.01. The minimum atomic E-state index is 0.0217. The predicted octanol–water partition coefficient (Wildman–Crippen LogP) is 3.89. The molecular formula is C18H31NO2. The Labute approximate surface area is 129 Å². The van der Waals surface area contributed by atoms with Crippen LogP contribution in [0.5, 0.6) is 5.75 Å². The summed E-state index contributed by atoms with van der Waals surface area (Å²) in [5.74, 6) is 0.677. The molecule has 0 aliphatic heterocycles. The number of nitrogens with zero attached hydrogens (tertiary/aromatic N) is 1. The minimum Gasteiger partial charge on any atom is -0.508 e. The van der Waals surface area contributed by atoms with E-state index in [0.29, 0.717) is 23.8 Å². The van der Waals surface area contributed by atoms with Gasteiger partial charge in [0.05, 0.1) is 6.61 Å².